The zero-order chi connectivity index (χ0) is 14.7. The summed E-state index contributed by atoms with van der Waals surface area (Å²) in [7, 11) is 1.68. The van der Waals surface area contributed by atoms with E-state index >= 15 is 0 Å². The number of rotatable bonds is 5. The molecule has 0 aliphatic carbocycles. The number of aromatic nitrogens is 2. The van der Waals surface area contributed by atoms with Crippen molar-refractivity contribution in [3.05, 3.63) is 48.3 Å². The molecule has 3 rings (SSSR count). The van der Waals surface area contributed by atoms with Crippen molar-refractivity contribution in [2.45, 2.75) is 25.1 Å². The summed E-state index contributed by atoms with van der Waals surface area (Å²) < 4.78 is 7.22. The third-order valence-electron chi connectivity index (χ3n) is 4.04. The molecule has 2 aromatic rings. The lowest BCUT2D eigenvalue weighted by Gasteiger charge is -2.24. The van der Waals surface area contributed by atoms with Crippen molar-refractivity contribution in [1.29, 1.82) is 0 Å². The van der Waals surface area contributed by atoms with Gasteiger partial charge in [-0.25, -0.2) is 0 Å². The van der Waals surface area contributed by atoms with Crippen molar-refractivity contribution in [2.24, 2.45) is 0 Å². The van der Waals surface area contributed by atoms with Crippen LogP contribution in [0.5, 0.6) is 5.75 Å². The van der Waals surface area contributed by atoms with Gasteiger partial charge < -0.3 is 9.84 Å². The Kier molecular flexibility index (Phi) is 4.22. The first-order valence-electron chi connectivity index (χ1n) is 7.30. The highest BCUT2D eigenvalue weighted by atomic mass is 16.5. The zero-order valence-electron chi connectivity index (χ0n) is 12.2. The van der Waals surface area contributed by atoms with E-state index in [0.717, 1.165) is 25.3 Å². The molecule has 0 radical (unpaired) electrons. The monoisotopic (exact) mass is 287 g/mol. The van der Waals surface area contributed by atoms with Crippen LogP contribution in [0.2, 0.25) is 0 Å². The van der Waals surface area contributed by atoms with Gasteiger partial charge in [0.15, 0.2) is 0 Å². The fourth-order valence-electron chi connectivity index (χ4n) is 2.99. The van der Waals surface area contributed by atoms with Crippen molar-refractivity contribution in [3.63, 3.8) is 0 Å². The fraction of sp³-hybridized carbons (Fsp3) is 0.438. The summed E-state index contributed by atoms with van der Waals surface area (Å²) in [5.74, 6) is 0.862. The third-order valence-corrected chi connectivity index (χ3v) is 4.04. The number of hydrogen-bond acceptors (Lipinski definition) is 4. The molecular formula is C16H21N3O2. The number of likely N-dealkylation sites (tertiary alicyclic amines) is 1. The summed E-state index contributed by atoms with van der Waals surface area (Å²) in [6.45, 7) is 2.42. The molecule has 1 N–H and O–H groups in total. The first kappa shape index (κ1) is 14.1. The van der Waals surface area contributed by atoms with Crippen LogP contribution >= 0.6 is 0 Å². The number of ether oxygens (including phenoxy) is 1. The molecule has 0 saturated carbocycles. The van der Waals surface area contributed by atoms with Crippen molar-refractivity contribution >= 4 is 0 Å². The maximum atomic E-state index is 10.0. The van der Waals surface area contributed by atoms with Crippen LogP contribution in [0.4, 0.5) is 0 Å². The minimum atomic E-state index is -0.265. The summed E-state index contributed by atoms with van der Waals surface area (Å²) in [4.78, 5) is 2.32. The molecule has 2 heterocycles. The van der Waals surface area contributed by atoms with Crippen molar-refractivity contribution in [3.8, 4) is 5.75 Å². The van der Waals surface area contributed by atoms with Crippen LogP contribution < -0.4 is 4.74 Å². The van der Waals surface area contributed by atoms with Gasteiger partial charge in [0.2, 0.25) is 0 Å². The maximum absolute atomic E-state index is 10.0. The molecule has 5 heteroatoms. The average Bonchev–Trinajstić information content (AvgIpc) is 3.14. The number of methoxy groups -OCH3 is 1. The molecule has 21 heavy (non-hydrogen) atoms. The first-order valence-corrected chi connectivity index (χ1v) is 7.30. The summed E-state index contributed by atoms with van der Waals surface area (Å²) in [5, 5.41) is 14.2. The number of hydrogen-bond donors (Lipinski definition) is 1. The lowest BCUT2D eigenvalue weighted by Crippen LogP contribution is -2.28. The smallest absolute Gasteiger partial charge is 0.119 e. The molecule has 112 valence electrons. The predicted octanol–water partition coefficient (Wildman–Crippen LogP) is 1.70. The number of benzene rings is 1. The topological polar surface area (TPSA) is 50.5 Å². The Bertz CT molecular complexity index is 571. The van der Waals surface area contributed by atoms with E-state index in [1.165, 1.54) is 5.56 Å². The van der Waals surface area contributed by atoms with E-state index < -0.39 is 0 Å². The van der Waals surface area contributed by atoms with E-state index in [9.17, 15) is 5.11 Å². The molecular weight excluding hydrogens is 266 g/mol. The second kappa shape index (κ2) is 6.28. The van der Waals surface area contributed by atoms with Crippen LogP contribution in [0.1, 0.15) is 18.0 Å². The van der Waals surface area contributed by atoms with Crippen LogP contribution in [-0.4, -0.2) is 46.1 Å². The molecule has 1 aliphatic heterocycles. The second-order valence-corrected chi connectivity index (χ2v) is 5.45. The maximum Gasteiger partial charge on any atom is 0.119 e. The molecule has 2 atom stereocenters. The van der Waals surface area contributed by atoms with E-state index in [0.29, 0.717) is 6.54 Å². The van der Waals surface area contributed by atoms with Gasteiger partial charge in [0.25, 0.3) is 0 Å². The largest absolute Gasteiger partial charge is 0.497 e. The number of aliphatic hydroxyl groups is 1. The van der Waals surface area contributed by atoms with Crippen molar-refractivity contribution < 1.29 is 9.84 Å². The molecule has 5 nitrogen and oxygen atoms in total. The normalized spacial score (nSPS) is 22.6. The Labute approximate surface area is 124 Å². The molecule has 0 amide bonds. The van der Waals surface area contributed by atoms with Crippen LogP contribution in [0.25, 0.3) is 0 Å². The summed E-state index contributed by atoms with van der Waals surface area (Å²) in [5.41, 5.74) is 1.20. The second-order valence-electron chi connectivity index (χ2n) is 5.45. The predicted molar refractivity (Wildman–Crippen MR) is 80.2 cm³/mol. The van der Waals surface area contributed by atoms with Crippen LogP contribution in [0.3, 0.4) is 0 Å². The lowest BCUT2D eigenvalue weighted by atomic mass is 10.0. The van der Waals surface area contributed by atoms with Gasteiger partial charge in [0, 0.05) is 31.5 Å². The standard InChI is InChI=1S/C16H21N3O2/c1-21-15-5-2-4-13(10-15)16-11-14(20)12-18(16)8-9-19-7-3-6-17-19/h2-7,10,14,16,20H,8-9,11-12H2,1H3/t14-,16+/m0/s1. The van der Waals surface area contributed by atoms with Gasteiger partial charge in [-0.15, -0.1) is 0 Å². The van der Waals surface area contributed by atoms with E-state index in [2.05, 4.69) is 22.1 Å². The first-order chi connectivity index (χ1) is 10.3. The fourth-order valence-corrected chi connectivity index (χ4v) is 2.99. The van der Waals surface area contributed by atoms with E-state index in [1.54, 1.807) is 13.3 Å². The van der Waals surface area contributed by atoms with E-state index in [1.807, 2.05) is 29.1 Å². The van der Waals surface area contributed by atoms with E-state index in [4.69, 9.17) is 4.74 Å². The van der Waals surface area contributed by atoms with Crippen LogP contribution in [-0.2, 0) is 6.54 Å². The Hall–Kier alpha value is -1.85. The Balaban J connectivity index is 1.72. The Morgan fingerprint density at radius 3 is 3.00 bits per heavy atom. The molecule has 1 aromatic carbocycles. The van der Waals surface area contributed by atoms with E-state index in [-0.39, 0.29) is 12.1 Å². The van der Waals surface area contributed by atoms with Crippen molar-refractivity contribution in [1.82, 2.24) is 14.7 Å². The quantitative estimate of drug-likeness (QED) is 0.909. The molecule has 1 fully saturated rings. The third kappa shape index (κ3) is 3.25. The number of β-amino-alcohol motifs (C(OH)–C–C–N with tert-alkyl or cyclic N) is 1. The minimum absolute atomic E-state index is 0.241. The van der Waals surface area contributed by atoms with Gasteiger partial charge in [-0.3, -0.25) is 9.58 Å². The Morgan fingerprint density at radius 1 is 1.33 bits per heavy atom. The number of aliphatic hydroxyl groups excluding tert-OH is 1. The van der Waals surface area contributed by atoms with Crippen LogP contribution in [0.15, 0.2) is 42.7 Å². The molecule has 1 aliphatic rings. The van der Waals surface area contributed by atoms with Crippen molar-refractivity contribution in [2.75, 3.05) is 20.2 Å². The van der Waals surface area contributed by atoms with Gasteiger partial charge in [0.1, 0.15) is 5.75 Å². The van der Waals surface area contributed by atoms with Crippen LogP contribution in [0, 0.1) is 0 Å². The minimum Gasteiger partial charge on any atom is -0.497 e. The average molecular weight is 287 g/mol. The highest BCUT2D eigenvalue weighted by molar-refractivity contribution is 5.31. The van der Waals surface area contributed by atoms with Gasteiger partial charge in [-0.1, -0.05) is 12.1 Å². The van der Waals surface area contributed by atoms with Gasteiger partial charge in [-0.05, 0) is 30.2 Å². The summed E-state index contributed by atoms with van der Waals surface area (Å²) in [6, 6.07) is 10.3. The molecule has 0 spiro atoms. The van der Waals surface area contributed by atoms with Gasteiger partial charge >= 0.3 is 0 Å². The zero-order valence-corrected chi connectivity index (χ0v) is 12.2. The molecule has 0 unspecified atom stereocenters. The highest BCUT2D eigenvalue weighted by Crippen LogP contribution is 2.33. The van der Waals surface area contributed by atoms with Gasteiger partial charge in [-0.2, -0.15) is 5.10 Å². The Morgan fingerprint density at radius 2 is 2.24 bits per heavy atom. The summed E-state index contributed by atoms with van der Waals surface area (Å²) >= 11 is 0. The van der Waals surface area contributed by atoms with Gasteiger partial charge in [0.05, 0.1) is 19.8 Å². The number of nitrogens with zero attached hydrogens (tertiary/aromatic N) is 3. The lowest BCUT2D eigenvalue weighted by molar-refractivity contribution is 0.172. The molecule has 1 saturated heterocycles. The molecule has 0 bridgehead atoms. The molecule has 1 aromatic heterocycles. The highest BCUT2D eigenvalue weighted by Gasteiger charge is 2.31. The summed E-state index contributed by atoms with van der Waals surface area (Å²) in [6.07, 6.45) is 4.26. The SMILES string of the molecule is COc1cccc([C@H]2C[C@H](O)CN2CCn2cccn2)c1.